The molecular weight excluding hydrogens is 459 g/mol. The smallest absolute Gasteiger partial charge is 0.416 e. The molecule has 2 aromatic carbocycles. The fourth-order valence-corrected chi connectivity index (χ4v) is 3.56. The highest BCUT2D eigenvalue weighted by Crippen LogP contribution is 2.31. The zero-order valence-corrected chi connectivity index (χ0v) is 18.3. The van der Waals surface area contributed by atoms with Gasteiger partial charge in [-0.3, -0.25) is 4.79 Å². The molecule has 0 spiro atoms. The predicted octanol–water partition coefficient (Wildman–Crippen LogP) is 6.54. The van der Waals surface area contributed by atoms with Gasteiger partial charge in [-0.25, -0.2) is 9.97 Å². The highest BCUT2D eigenvalue weighted by atomic mass is 19.4. The Morgan fingerprint density at radius 1 is 1.06 bits per heavy atom. The number of aromatic nitrogens is 3. The molecule has 0 bridgehead atoms. The first-order valence-electron chi connectivity index (χ1n) is 10.5. The standard InChI is InChI=1S/C25H18F3N5O2/c1-14-5-6-15(24(34)30-18-4-2-3-17(12-18)25(26,27)28)11-20(14)32-23-21-19(7-9-29-21)31-22(33-23)16-8-10-35-13-16/h2-13,29H,1H3,(H,30,34)(H,31,32,33). The molecule has 10 heteroatoms. The number of H-pyrrole nitrogens is 1. The summed E-state index contributed by atoms with van der Waals surface area (Å²) in [5.74, 6) is 0.415. The first kappa shape index (κ1) is 22.2. The van der Waals surface area contributed by atoms with Gasteiger partial charge in [-0.1, -0.05) is 12.1 Å². The number of nitrogens with zero attached hydrogens (tertiary/aromatic N) is 2. The number of carbonyl (C=O) groups excluding carboxylic acids is 1. The molecule has 5 aromatic rings. The average molecular weight is 477 g/mol. The van der Waals surface area contributed by atoms with Crippen LogP contribution < -0.4 is 10.6 Å². The maximum Gasteiger partial charge on any atom is 0.416 e. The van der Waals surface area contributed by atoms with Gasteiger partial charge in [0.25, 0.3) is 5.91 Å². The number of fused-ring (bicyclic) bond motifs is 1. The minimum atomic E-state index is -4.50. The quantitative estimate of drug-likeness (QED) is 0.267. The molecule has 3 heterocycles. The summed E-state index contributed by atoms with van der Waals surface area (Å²) in [5.41, 5.74) is 3.00. The number of amides is 1. The molecule has 3 aromatic heterocycles. The summed E-state index contributed by atoms with van der Waals surface area (Å²) in [7, 11) is 0. The van der Waals surface area contributed by atoms with Gasteiger partial charge in [0.1, 0.15) is 11.8 Å². The van der Waals surface area contributed by atoms with Gasteiger partial charge in [0.05, 0.1) is 22.9 Å². The highest BCUT2D eigenvalue weighted by Gasteiger charge is 2.30. The second-order valence-corrected chi connectivity index (χ2v) is 7.83. The maximum absolute atomic E-state index is 13.0. The van der Waals surface area contributed by atoms with E-state index in [2.05, 4.69) is 25.6 Å². The van der Waals surface area contributed by atoms with E-state index in [1.807, 2.05) is 13.0 Å². The molecule has 0 saturated heterocycles. The number of alkyl halides is 3. The maximum atomic E-state index is 13.0. The minimum Gasteiger partial charge on any atom is -0.472 e. The number of aryl methyl sites for hydroxylation is 1. The van der Waals surface area contributed by atoms with Crippen LogP contribution in [0.3, 0.4) is 0 Å². The molecule has 0 aliphatic heterocycles. The molecule has 176 valence electrons. The van der Waals surface area contributed by atoms with Crippen LogP contribution in [0.2, 0.25) is 0 Å². The monoisotopic (exact) mass is 477 g/mol. The van der Waals surface area contributed by atoms with Crippen LogP contribution in [0.4, 0.5) is 30.4 Å². The molecule has 0 aliphatic rings. The van der Waals surface area contributed by atoms with Crippen molar-refractivity contribution in [1.29, 1.82) is 0 Å². The molecule has 7 nitrogen and oxygen atoms in total. The molecule has 0 saturated carbocycles. The summed E-state index contributed by atoms with van der Waals surface area (Å²) in [4.78, 5) is 25.1. The number of hydrogen-bond acceptors (Lipinski definition) is 5. The predicted molar refractivity (Wildman–Crippen MR) is 125 cm³/mol. The molecule has 0 unspecified atom stereocenters. The van der Waals surface area contributed by atoms with Crippen molar-refractivity contribution in [3.8, 4) is 11.4 Å². The number of furan rings is 1. The van der Waals surface area contributed by atoms with Crippen molar-refractivity contribution in [2.75, 3.05) is 10.6 Å². The Morgan fingerprint density at radius 3 is 2.69 bits per heavy atom. The zero-order valence-electron chi connectivity index (χ0n) is 18.3. The Labute approximate surface area is 197 Å². The van der Waals surface area contributed by atoms with Gasteiger partial charge in [0.15, 0.2) is 11.6 Å². The lowest BCUT2D eigenvalue weighted by Gasteiger charge is -2.13. The van der Waals surface area contributed by atoms with Crippen molar-refractivity contribution in [2.24, 2.45) is 0 Å². The Bertz CT molecular complexity index is 1520. The number of anilines is 3. The number of rotatable bonds is 5. The van der Waals surface area contributed by atoms with E-state index in [9.17, 15) is 18.0 Å². The third kappa shape index (κ3) is 4.58. The zero-order chi connectivity index (χ0) is 24.6. The number of benzene rings is 2. The Morgan fingerprint density at radius 2 is 1.91 bits per heavy atom. The Kier molecular flexibility index (Phi) is 5.48. The topological polar surface area (TPSA) is 95.8 Å². The van der Waals surface area contributed by atoms with Crippen molar-refractivity contribution in [3.63, 3.8) is 0 Å². The second-order valence-electron chi connectivity index (χ2n) is 7.83. The fourth-order valence-electron chi connectivity index (χ4n) is 3.56. The average Bonchev–Trinajstić information content (AvgIpc) is 3.52. The van der Waals surface area contributed by atoms with Crippen molar-refractivity contribution in [1.82, 2.24) is 15.0 Å². The molecule has 1 amide bonds. The fraction of sp³-hybridized carbons (Fsp3) is 0.0800. The summed E-state index contributed by atoms with van der Waals surface area (Å²) in [6, 6.07) is 13.0. The van der Waals surface area contributed by atoms with E-state index in [0.29, 0.717) is 33.9 Å². The van der Waals surface area contributed by atoms with Gasteiger partial charge in [-0.15, -0.1) is 0 Å². The minimum absolute atomic E-state index is 0.0496. The van der Waals surface area contributed by atoms with Crippen LogP contribution in [0.5, 0.6) is 0 Å². The van der Waals surface area contributed by atoms with E-state index >= 15 is 0 Å². The number of hydrogen-bond donors (Lipinski definition) is 3. The van der Waals surface area contributed by atoms with Gasteiger partial charge in [0.2, 0.25) is 0 Å². The van der Waals surface area contributed by atoms with Crippen LogP contribution in [0.1, 0.15) is 21.5 Å². The lowest BCUT2D eigenvalue weighted by molar-refractivity contribution is -0.137. The van der Waals surface area contributed by atoms with Crippen LogP contribution in [0.25, 0.3) is 22.4 Å². The Hall–Kier alpha value is -4.60. The van der Waals surface area contributed by atoms with Crippen molar-refractivity contribution in [3.05, 3.63) is 90.0 Å². The van der Waals surface area contributed by atoms with Crippen molar-refractivity contribution < 1.29 is 22.4 Å². The molecule has 3 N–H and O–H groups in total. The first-order valence-corrected chi connectivity index (χ1v) is 10.5. The molecule has 0 radical (unpaired) electrons. The van der Waals surface area contributed by atoms with Crippen LogP contribution in [-0.4, -0.2) is 20.9 Å². The van der Waals surface area contributed by atoms with E-state index in [0.717, 1.165) is 17.7 Å². The number of halogens is 3. The lowest BCUT2D eigenvalue weighted by atomic mass is 10.1. The molecular formula is C25H18F3N5O2. The lowest BCUT2D eigenvalue weighted by Crippen LogP contribution is -2.13. The van der Waals surface area contributed by atoms with Gasteiger partial charge >= 0.3 is 6.18 Å². The molecule has 0 aliphatic carbocycles. The summed E-state index contributed by atoms with van der Waals surface area (Å²) >= 11 is 0. The van der Waals surface area contributed by atoms with Gasteiger partial charge in [-0.05, 0) is 55.0 Å². The van der Waals surface area contributed by atoms with Gasteiger partial charge in [-0.2, -0.15) is 13.2 Å². The summed E-state index contributed by atoms with van der Waals surface area (Å²) in [5, 5.41) is 5.78. The van der Waals surface area contributed by atoms with E-state index < -0.39 is 17.6 Å². The van der Waals surface area contributed by atoms with Crippen LogP contribution in [-0.2, 0) is 6.18 Å². The van der Waals surface area contributed by atoms with Crippen molar-refractivity contribution >= 4 is 34.1 Å². The molecule has 0 fully saturated rings. The highest BCUT2D eigenvalue weighted by molar-refractivity contribution is 6.05. The van der Waals surface area contributed by atoms with Gasteiger partial charge in [0, 0.05) is 23.1 Å². The van der Waals surface area contributed by atoms with E-state index in [1.165, 1.54) is 18.4 Å². The Balaban J connectivity index is 1.44. The van der Waals surface area contributed by atoms with E-state index in [4.69, 9.17) is 4.42 Å². The number of nitrogens with one attached hydrogen (secondary N) is 3. The number of carbonyl (C=O) groups is 1. The molecule has 35 heavy (non-hydrogen) atoms. The molecule has 5 rings (SSSR count). The van der Waals surface area contributed by atoms with Crippen LogP contribution >= 0.6 is 0 Å². The third-order valence-corrected chi connectivity index (χ3v) is 5.39. The van der Waals surface area contributed by atoms with E-state index in [-0.39, 0.29) is 11.3 Å². The third-order valence-electron chi connectivity index (χ3n) is 5.39. The number of aromatic amines is 1. The van der Waals surface area contributed by atoms with Crippen molar-refractivity contribution in [2.45, 2.75) is 13.1 Å². The van der Waals surface area contributed by atoms with Crippen LogP contribution in [0, 0.1) is 6.92 Å². The largest absolute Gasteiger partial charge is 0.472 e. The van der Waals surface area contributed by atoms with Gasteiger partial charge < -0.3 is 20.0 Å². The second kappa shape index (κ2) is 8.64. The van der Waals surface area contributed by atoms with Crippen LogP contribution in [0.15, 0.2) is 77.7 Å². The summed E-state index contributed by atoms with van der Waals surface area (Å²) in [6.07, 6.45) is 0.318. The first-order chi connectivity index (χ1) is 16.8. The normalized spacial score (nSPS) is 11.5. The molecule has 0 atom stereocenters. The SMILES string of the molecule is Cc1ccc(C(=O)Nc2cccc(C(F)(F)F)c2)cc1Nc1nc(-c2ccoc2)nc2cc[nH]c12. The summed E-state index contributed by atoms with van der Waals surface area (Å²) < 4.78 is 44.1. The van der Waals surface area contributed by atoms with E-state index in [1.54, 1.807) is 36.7 Å². The summed E-state index contributed by atoms with van der Waals surface area (Å²) in [6.45, 7) is 1.86.